The number of hydrogen-bond acceptors (Lipinski definition) is 7. The third-order valence-electron chi connectivity index (χ3n) is 5.66. The highest BCUT2D eigenvalue weighted by atomic mass is 32.2. The van der Waals surface area contributed by atoms with E-state index in [1.54, 1.807) is 24.3 Å². The van der Waals surface area contributed by atoms with Crippen LogP contribution in [0.1, 0.15) is 25.8 Å². The molecular formula is C29H33NO8S. The molecule has 10 heteroatoms. The molecule has 9 nitrogen and oxygen atoms in total. The summed E-state index contributed by atoms with van der Waals surface area (Å²) >= 11 is 0. The topological polar surface area (TPSA) is 144 Å². The van der Waals surface area contributed by atoms with Gasteiger partial charge in [0.1, 0.15) is 6.04 Å². The first-order chi connectivity index (χ1) is 18.5. The number of carboxylic acids is 1. The molecule has 0 aliphatic carbocycles. The van der Waals surface area contributed by atoms with Crippen LogP contribution in [0.2, 0.25) is 0 Å². The lowest BCUT2D eigenvalue weighted by atomic mass is 10.1. The van der Waals surface area contributed by atoms with Gasteiger partial charge in [-0.2, -0.15) is 0 Å². The maximum Gasteiger partial charge on any atom is 0.305 e. The van der Waals surface area contributed by atoms with E-state index in [4.69, 9.17) is 5.11 Å². The van der Waals surface area contributed by atoms with Crippen LogP contribution < -0.4 is 5.32 Å². The Morgan fingerprint density at radius 1 is 0.872 bits per heavy atom. The number of carboxylic acid groups (broad SMARTS) is 1. The molecule has 0 bridgehead atoms. The number of hydrogen-bond donors (Lipinski definition) is 2. The molecule has 0 heterocycles. The number of sulfone groups is 1. The number of aliphatic carboxylic acids is 1. The smallest absolute Gasteiger partial charge is 0.305 e. The molecule has 3 rings (SSSR count). The van der Waals surface area contributed by atoms with E-state index < -0.39 is 64.2 Å². The van der Waals surface area contributed by atoms with Crippen LogP contribution in [0, 0.1) is 5.92 Å². The minimum atomic E-state index is -3.56. The highest BCUT2D eigenvalue weighted by molar-refractivity contribution is 7.91. The number of rotatable bonds is 12. The fourth-order valence-corrected chi connectivity index (χ4v) is 5.22. The number of nitrogens with one attached hydrogen (secondary N) is 1. The van der Waals surface area contributed by atoms with Gasteiger partial charge in [0.25, 0.3) is 0 Å². The third kappa shape index (κ3) is 11.9. The fraction of sp³-hybridized carbons (Fsp3) is 0.310. The molecule has 2 unspecified atom stereocenters. The van der Waals surface area contributed by atoms with Crippen LogP contribution in [0.3, 0.4) is 0 Å². The Bertz CT molecular complexity index is 1310. The van der Waals surface area contributed by atoms with Crippen molar-refractivity contribution in [3.05, 3.63) is 84.4 Å². The summed E-state index contributed by atoms with van der Waals surface area (Å²) < 4.78 is 29.1. The van der Waals surface area contributed by atoms with Gasteiger partial charge in [-0.3, -0.25) is 19.2 Å². The van der Waals surface area contributed by atoms with Crippen molar-refractivity contribution in [1.29, 1.82) is 0 Å². The van der Waals surface area contributed by atoms with Gasteiger partial charge >= 0.3 is 11.9 Å². The number of fused-ring (bicyclic) bond motifs is 1. The summed E-state index contributed by atoms with van der Waals surface area (Å²) in [5.74, 6) is -5.20. The fourth-order valence-electron chi connectivity index (χ4n) is 3.60. The van der Waals surface area contributed by atoms with Crippen molar-refractivity contribution in [3.63, 3.8) is 0 Å². The maximum absolute atomic E-state index is 12.3. The molecule has 39 heavy (non-hydrogen) atoms. The Labute approximate surface area is 228 Å². The third-order valence-corrected chi connectivity index (χ3v) is 7.49. The Hall–Kier alpha value is -4.05. The maximum atomic E-state index is 12.3. The molecule has 2 atom stereocenters. The molecular weight excluding hydrogens is 522 g/mol. The highest BCUT2D eigenvalue weighted by Gasteiger charge is 2.28. The molecule has 3 aromatic carbocycles. The summed E-state index contributed by atoms with van der Waals surface area (Å²) in [6, 6.07) is 24.3. The molecule has 0 aliphatic heterocycles. The number of benzene rings is 3. The van der Waals surface area contributed by atoms with Crippen molar-refractivity contribution in [2.75, 3.05) is 18.1 Å². The first-order valence-electron chi connectivity index (χ1n) is 12.3. The highest BCUT2D eigenvalue weighted by Crippen LogP contribution is 2.11. The Balaban J connectivity index is 0.000000437. The van der Waals surface area contributed by atoms with Crippen molar-refractivity contribution < 1.29 is 37.4 Å². The number of ketones is 1. The van der Waals surface area contributed by atoms with Gasteiger partial charge in [0.05, 0.1) is 17.9 Å². The summed E-state index contributed by atoms with van der Waals surface area (Å²) in [7, 11) is -3.56. The SMILES string of the molecule is CC(=O)OCC(=O)C(CC(=O)O)NC(=O)C(C)CS(=O)(=O)CCc1ccccc1.c1ccc2ccccc2c1. The van der Waals surface area contributed by atoms with Crippen LogP contribution in [-0.2, 0) is 40.2 Å². The van der Waals surface area contributed by atoms with Crippen LogP contribution in [-0.4, -0.2) is 61.3 Å². The van der Waals surface area contributed by atoms with Gasteiger partial charge in [-0.05, 0) is 22.8 Å². The Kier molecular flexibility index (Phi) is 12.3. The molecule has 0 aromatic heterocycles. The zero-order chi connectivity index (χ0) is 28.8. The van der Waals surface area contributed by atoms with Gasteiger partial charge in [0.2, 0.25) is 5.91 Å². The standard InChI is InChI=1S/C19H25NO8S.C10H8/c1-13(12-29(26,27)9-8-15-6-4-3-5-7-15)19(25)20-16(10-18(23)24)17(22)11-28-14(2)21;1-2-6-10-8-4-3-7-9(10)5-1/h3-7,13,16H,8-12H2,1-2H3,(H,20,25)(H,23,24);1-8H. The van der Waals surface area contributed by atoms with Gasteiger partial charge in [-0.15, -0.1) is 0 Å². The van der Waals surface area contributed by atoms with Gasteiger partial charge in [0, 0.05) is 12.8 Å². The average molecular weight is 556 g/mol. The van der Waals surface area contributed by atoms with Gasteiger partial charge in [0.15, 0.2) is 22.2 Å². The van der Waals surface area contributed by atoms with Gasteiger partial charge < -0.3 is 15.2 Å². The molecule has 1 amide bonds. The number of esters is 1. The Morgan fingerprint density at radius 2 is 1.38 bits per heavy atom. The lowest BCUT2D eigenvalue weighted by Gasteiger charge is -2.19. The van der Waals surface area contributed by atoms with Crippen LogP contribution in [0.25, 0.3) is 10.8 Å². The lowest BCUT2D eigenvalue weighted by Crippen LogP contribution is -2.47. The minimum absolute atomic E-state index is 0.140. The average Bonchev–Trinajstić information content (AvgIpc) is 2.90. The molecule has 0 saturated carbocycles. The molecule has 0 aliphatic rings. The second-order valence-corrected chi connectivity index (χ2v) is 11.2. The summed E-state index contributed by atoms with van der Waals surface area (Å²) in [5.41, 5.74) is 0.853. The van der Waals surface area contributed by atoms with E-state index in [0.717, 1.165) is 12.5 Å². The Morgan fingerprint density at radius 3 is 1.87 bits per heavy atom. The number of carbonyl (C=O) groups excluding carboxylic acids is 3. The first-order valence-corrected chi connectivity index (χ1v) is 14.2. The number of carbonyl (C=O) groups is 4. The number of aryl methyl sites for hydroxylation is 1. The van der Waals surface area contributed by atoms with Crippen molar-refractivity contribution >= 4 is 44.2 Å². The van der Waals surface area contributed by atoms with Crippen LogP contribution >= 0.6 is 0 Å². The molecule has 3 aromatic rings. The number of ether oxygens (including phenoxy) is 1. The predicted molar refractivity (Wildman–Crippen MR) is 148 cm³/mol. The molecule has 0 saturated heterocycles. The number of amides is 1. The van der Waals surface area contributed by atoms with Crippen LogP contribution in [0.5, 0.6) is 0 Å². The second kappa shape index (κ2) is 15.4. The molecule has 2 N–H and O–H groups in total. The van der Waals surface area contributed by atoms with Crippen molar-refractivity contribution in [2.45, 2.75) is 32.7 Å². The molecule has 0 spiro atoms. The lowest BCUT2D eigenvalue weighted by molar-refractivity contribution is -0.147. The molecule has 0 fully saturated rings. The quantitative estimate of drug-likeness (QED) is 0.324. The molecule has 208 valence electrons. The summed E-state index contributed by atoms with van der Waals surface area (Å²) in [5, 5.41) is 13.8. The van der Waals surface area contributed by atoms with Crippen LogP contribution in [0.4, 0.5) is 0 Å². The van der Waals surface area contributed by atoms with E-state index in [-0.39, 0.29) is 5.75 Å². The summed E-state index contributed by atoms with van der Waals surface area (Å²) in [4.78, 5) is 46.1. The predicted octanol–water partition coefficient (Wildman–Crippen LogP) is 3.21. The number of Topliss-reactive ketones (excluding diaryl/α,β-unsaturated/α-hetero) is 1. The van der Waals surface area contributed by atoms with E-state index in [0.29, 0.717) is 6.42 Å². The van der Waals surface area contributed by atoms with E-state index in [2.05, 4.69) is 58.6 Å². The largest absolute Gasteiger partial charge is 0.481 e. The van der Waals surface area contributed by atoms with E-state index >= 15 is 0 Å². The second-order valence-electron chi connectivity index (χ2n) is 9.00. The van der Waals surface area contributed by atoms with E-state index in [1.165, 1.54) is 17.7 Å². The zero-order valence-corrected chi connectivity index (χ0v) is 22.7. The summed E-state index contributed by atoms with van der Waals surface area (Å²) in [6.45, 7) is 1.78. The van der Waals surface area contributed by atoms with Crippen molar-refractivity contribution in [3.8, 4) is 0 Å². The van der Waals surface area contributed by atoms with Crippen LogP contribution in [0.15, 0.2) is 78.9 Å². The molecule has 0 radical (unpaired) electrons. The van der Waals surface area contributed by atoms with Gasteiger partial charge in [-0.1, -0.05) is 85.8 Å². The normalized spacial score (nSPS) is 12.4. The van der Waals surface area contributed by atoms with E-state index in [9.17, 15) is 27.6 Å². The minimum Gasteiger partial charge on any atom is -0.481 e. The summed E-state index contributed by atoms with van der Waals surface area (Å²) in [6.07, 6.45) is -0.403. The van der Waals surface area contributed by atoms with Gasteiger partial charge in [-0.25, -0.2) is 8.42 Å². The van der Waals surface area contributed by atoms with Crippen molar-refractivity contribution in [2.24, 2.45) is 5.92 Å². The van der Waals surface area contributed by atoms with E-state index in [1.807, 2.05) is 6.07 Å². The zero-order valence-electron chi connectivity index (χ0n) is 21.9. The first kappa shape index (κ1) is 31.2. The van der Waals surface area contributed by atoms with Crippen molar-refractivity contribution in [1.82, 2.24) is 5.32 Å². The monoisotopic (exact) mass is 555 g/mol.